The Morgan fingerprint density at radius 2 is 2.25 bits per heavy atom. The van der Waals surface area contributed by atoms with Gasteiger partial charge in [-0.25, -0.2) is 4.79 Å². The van der Waals surface area contributed by atoms with Crippen molar-refractivity contribution < 1.29 is 9.90 Å². The number of carboxylic acid groups (broad SMARTS) is 1. The van der Waals surface area contributed by atoms with Crippen LogP contribution < -0.4 is 0 Å². The summed E-state index contributed by atoms with van der Waals surface area (Å²) in [4.78, 5) is 10.5. The van der Waals surface area contributed by atoms with Gasteiger partial charge >= 0.3 is 5.97 Å². The number of hydrogen-bond acceptors (Lipinski definition) is 1. The summed E-state index contributed by atoms with van der Waals surface area (Å²) in [7, 11) is 0. The van der Waals surface area contributed by atoms with Crippen molar-refractivity contribution in [3.8, 4) is 0 Å². The Bertz CT molecular complexity index is 402. The minimum atomic E-state index is -0.941. The van der Waals surface area contributed by atoms with Crippen LogP contribution >= 0.6 is 27.5 Å². The minimum Gasteiger partial charge on any atom is -0.478 e. The van der Waals surface area contributed by atoms with Crippen LogP contribution in [0.25, 0.3) is 6.08 Å². The number of hydrogen-bond donors (Lipinski definition) is 1. The first-order valence-corrected chi connectivity index (χ1v) is 6.21. The molecule has 0 radical (unpaired) electrons. The van der Waals surface area contributed by atoms with Crippen molar-refractivity contribution in [2.75, 3.05) is 5.88 Å². The van der Waals surface area contributed by atoms with E-state index in [-0.39, 0.29) is 0 Å². The molecule has 0 aliphatic rings. The molecule has 0 unspecified atom stereocenters. The van der Waals surface area contributed by atoms with E-state index in [9.17, 15) is 4.79 Å². The molecule has 0 saturated carbocycles. The molecular formula is C12H12BrClO2. The van der Waals surface area contributed by atoms with Crippen molar-refractivity contribution in [1.82, 2.24) is 0 Å². The molecule has 0 amide bonds. The first-order chi connectivity index (χ1) is 7.63. The topological polar surface area (TPSA) is 37.3 Å². The Kier molecular flexibility index (Phi) is 5.56. The third-order valence-corrected chi connectivity index (χ3v) is 2.85. The fourth-order valence-corrected chi connectivity index (χ4v) is 1.88. The largest absolute Gasteiger partial charge is 0.478 e. The van der Waals surface area contributed by atoms with Crippen LogP contribution in [0.1, 0.15) is 17.5 Å². The molecule has 0 fully saturated rings. The van der Waals surface area contributed by atoms with Crippen molar-refractivity contribution in [3.63, 3.8) is 0 Å². The minimum absolute atomic E-state index is 0.609. The number of carbonyl (C=O) groups is 1. The predicted octanol–water partition coefficient (Wildman–Crippen LogP) is 3.72. The third-order valence-electron chi connectivity index (χ3n) is 2.09. The molecule has 1 aromatic carbocycles. The highest BCUT2D eigenvalue weighted by Crippen LogP contribution is 2.19. The van der Waals surface area contributed by atoms with Gasteiger partial charge in [-0.05, 0) is 42.2 Å². The fraction of sp³-hybridized carbons (Fsp3) is 0.250. The van der Waals surface area contributed by atoms with E-state index in [4.69, 9.17) is 16.7 Å². The Labute approximate surface area is 108 Å². The summed E-state index contributed by atoms with van der Waals surface area (Å²) in [5.41, 5.74) is 2.03. The quantitative estimate of drug-likeness (QED) is 0.665. The maximum atomic E-state index is 10.5. The van der Waals surface area contributed by atoms with Crippen LogP contribution in [0.2, 0.25) is 0 Å². The zero-order chi connectivity index (χ0) is 12.0. The van der Waals surface area contributed by atoms with Gasteiger partial charge < -0.3 is 5.11 Å². The zero-order valence-electron chi connectivity index (χ0n) is 8.62. The molecule has 0 aromatic heterocycles. The summed E-state index contributed by atoms with van der Waals surface area (Å²) in [5, 5.41) is 8.59. The smallest absolute Gasteiger partial charge is 0.328 e. The van der Waals surface area contributed by atoms with Gasteiger partial charge in [0.15, 0.2) is 0 Å². The molecule has 0 aliphatic heterocycles. The van der Waals surface area contributed by atoms with Crippen molar-refractivity contribution in [2.45, 2.75) is 12.8 Å². The van der Waals surface area contributed by atoms with Crippen LogP contribution in [0.5, 0.6) is 0 Å². The molecule has 0 bridgehead atoms. The molecule has 4 heteroatoms. The number of halogens is 2. The molecule has 0 heterocycles. The number of carboxylic acids is 1. The monoisotopic (exact) mass is 302 g/mol. The van der Waals surface area contributed by atoms with E-state index in [1.54, 1.807) is 6.08 Å². The highest BCUT2D eigenvalue weighted by Gasteiger charge is 2.01. The molecule has 16 heavy (non-hydrogen) atoms. The van der Waals surface area contributed by atoms with Gasteiger partial charge in [-0.3, -0.25) is 0 Å². The van der Waals surface area contributed by atoms with Gasteiger partial charge in [-0.1, -0.05) is 22.0 Å². The lowest BCUT2D eigenvalue weighted by atomic mass is 10.0. The van der Waals surface area contributed by atoms with Gasteiger partial charge in [0.2, 0.25) is 0 Å². The molecule has 0 atom stereocenters. The maximum Gasteiger partial charge on any atom is 0.328 e. The molecule has 86 valence electrons. The van der Waals surface area contributed by atoms with Crippen LogP contribution in [0.15, 0.2) is 28.7 Å². The summed E-state index contributed by atoms with van der Waals surface area (Å²) in [5.74, 6) is -0.332. The summed E-state index contributed by atoms with van der Waals surface area (Å²) >= 11 is 9.01. The van der Waals surface area contributed by atoms with Gasteiger partial charge in [0.05, 0.1) is 0 Å². The van der Waals surface area contributed by atoms with E-state index < -0.39 is 5.97 Å². The highest BCUT2D eigenvalue weighted by atomic mass is 79.9. The Hall–Kier alpha value is -0.800. The van der Waals surface area contributed by atoms with Crippen molar-refractivity contribution >= 4 is 39.6 Å². The van der Waals surface area contributed by atoms with Crippen LogP contribution in [0.3, 0.4) is 0 Å². The molecule has 0 aliphatic carbocycles. The van der Waals surface area contributed by atoms with Gasteiger partial charge in [0.25, 0.3) is 0 Å². The van der Waals surface area contributed by atoms with Crippen molar-refractivity contribution in [2.24, 2.45) is 0 Å². The number of alkyl halides is 1. The molecule has 0 spiro atoms. The van der Waals surface area contributed by atoms with Gasteiger partial charge in [-0.2, -0.15) is 0 Å². The fourth-order valence-electron chi connectivity index (χ4n) is 1.37. The molecule has 0 saturated heterocycles. The average Bonchev–Trinajstić information content (AvgIpc) is 2.25. The molecule has 1 rings (SSSR count). The summed E-state index contributed by atoms with van der Waals surface area (Å²) in [6.45, 7) is 0. The van der Waals surface area contributed by atoms with E-state index in [1.165, 1.54) is 0 Å². The zero-order valence-corrected chi connectivity index (χ0v) is 11.0. The first kappa shape index (κ1) is 13.3. The SMILES string of the molecule is O=C(O)/C=C/c1cc(Br)ccc1CCCCl. The van der Waals surface area contributed by atoms with Crippen molar-refractivity contribution in [1.29, 1.82) is 0 Å². The van der Waals surface area contributed by atoms with E-state index >= 15 is 0 Å². The lowest BCUT2D eigenvalue weighted by Gasteiger charge is -2.05. The standard InChI is InChI=1S/C12H12BrClO2/c13-11-5-3-9(2-1-7-14)10(8-11)4-6-12(15)16/h3-6,8H,1-2,7H2,(H,15,16)/b6-4+. The summed E-state index contributed by atoms with van der Waals surface area (Å²) in [6.07, 6.45) is 4.50. The average molecular weight is 304 g/mol. The number of aryl methyl sites for hydroxylation is 1. The predicted molar refractivity (Wildman–Crippen MR) is 69.9 cm³/mol. The second-order valence-electron chi connectivity index (χ2n) is 3.31. The van der Waals surface area contributed by atoms with E-state index in [0.29, 0.717) is 5.88 Å². The number of benzene rings is 1. The Morgan fingerprint density at radius 1 is 1.50 bits per heavy atom. The molecule has 1 aromatic rings. The maximum absolute atomic E-state index is 10.5. The number of aliphatic carboxylic acids is 1. The summed E-state index contributed by atoms with van der Waals surface area (Å²) in [6, 6.07) is 5.84. The first-order valence-electron chi connectivity index (χ1n) is 4.89. The van der Waals surface area contributed by atoms with E-state index in [1.807, 2.05) is 18.2 Å². The lowest BCUT2D eigenvalue weighted by Crippen LogP contribution is -1.92. The lowest BCUT2D eigenvalue weighted by molar-refractivity contribution is -0.131. The number of rotatable bonds is 5. The summed E-state index contributed by atoms with van der Waals surface area (Å²) < 4.78 is 0.937. The van der Waals surface area contributed by atoms with Gasteiger partial charge in [0.1, 0.15) is 0 Å². The van der Waals surface area contributed by atoms with E-state index in [2.05, 4.69) is 15.9 Å². The Balaban J connectivity index is 2.93. The normalized spacial score (nSPS) is 10.9. The van der Waals surface area contributed by atoms with Crippen molar-refractivity contribution in [3.05, 3.63) is 39.9 Å². The molecule has 1 N–H and O–H groups in total. The van der Waals surface area contributed by atoms with Crippen LogP contribution in [-0.4, -0.2) is 17.0 Å². The van der Waals surface area contributed by atoms with Crippen LogP contribution in [0.4, 0.5) is 0 Å². The third kappa shape index (κ3) is 4.37. The highest BCUT2D eigenvalue weighted by molar-refractivity contribution is 9.10. The van der Waals surface area contributed by atoms with Gasteiger partial charge in [-0.15, -0.1) is 11.6 Å². The second-order valence-corrected chi connectivity index (χ2v) is 4.60. The van der Waals surface area contributed by atoms with E-state index in [0.717, 1.165) is 34.5 Å². The second kappa shape index (κ2) is 6.71. The van der Waals surface area contributed by atoms with Crippen LogP contribution in [-0.2, 0) is 11.2 Å². The molecular weight excluding hydrogens is 291 g/mol. The van der Waals surface area contributed by atoms with Crippen LogP contribution in [0, 0.1) is 0 Å². The van der Waals surface area contributed by atoms with Gasteiger partial charge in [0, 0.05) is 16.4 Å². The Morgan fingerprint density at radius 3 is 2.88 bits per heavy atom. The molecule has 2 nitrogen and oxygen atoms in total.